The molecule has 2 aliphatic rings. The number of anilines is 1. The van der Waals surface area contributed by atoms with Crippen LogP contribution in [0.25, 0.3) is 5.69 Å². The Morgan fingerprint density at radius 2 is 2.21 bits per heavy atom. The first-order valence-electron chi connectivity index (χ1n) is 12.3. The molecule has 0 aliphatic carbocycles. The normalized spacial score (nSPS) is 18.9. The number of nitrogens with one attached hydrogen (secondary N) is 1. The van der Waals surface area contributed by atoms with E-state index >= 15 is 0 Å². The zero-order valence-electron chi connectivity index (χ0n) is 19.4. The average molecular weight is 461 g/mol. The van der Waals surface area contributed by atoms with Crippen LogP contribution >= 0.6 is 0 Å². The summed E-state index contributed by atoms with van der Waals surface area (Å²) in [4.78, 5) is 18.9. The van der Waals surface area contributed by atoms with Crippen molar-refractivity contribution >= 4 is 11.8 Å². The minimum absolute atomic E-state index is 0.0619. The van der Waals surface area contributed by atoms with Crippen LogP contribution in [0.4, 0.5) is 5.82 Å². The molecule has 4 heterocycles. The van der Waals surface area contributed by atoms with Crippen LogP contribution in [0.15, 0.2) is 48.8 Å². The molecule has 5 rings (SSSR count). The molecule has 2 atom stereocenters. The minimum atomic E-state index is -0.765. The van der Waals surface area contributed by atoms with Crippen LogP contribution in [0.5, 0.6) is 0 Å². The van der Waals surface area contributed by atoms with Crippen molar-refractivity contribution in [3.05, 3.63) is 65.6 Å². The van der Waals surface area contributed by atoms with Gasteiger partial charge in [0.2, 0.25) is 0 Å². The fourth-order valence-corrected chi connectivity index (χ4v) is 5.25. The number of carboxylic acids is 1. The monoisotopic (exact) mass is 460 g/mol. The Labute approximate surface area is 200 Å². The summed E-state index contributed by atoms with van der Waals surface area (Å²) in [6.45, 7) is 3.80. The maximum Gasteiger partial charge on any atom is 0.304 e. The second-order valence-corrected chi connectivity index (χ2v) is 9.53. The zero-order chi connectivity index (χ0) is 23.3. The standard InChI is InChI=1S/C26H32N6O2/c33-25(34)16-22(21-3-1-5-24(15-21)32-14-12-28-30-32)18-31-13-10-19(17-31)6-8-23-9-7-20-4-2-11-27-26(20)29-23/h1,3,5,7,9,12,14-15,19,22H,2,4,6,8,10-11,13,16-18H2,(H,27,29)(H,33,34)/t19-,22-/m1/s1. The SMILES string of the molecule is O=C(O)C[C@H](CN1CC[C@@H](CCc2ccc3c(n2)NCCC3)C1)c1cccc(-n2ccnn2)c1. The topological polar surface area (TPSA) is 96.2 Å². The van der Waals surface area contributed by atoms with Crippen LogP contribution in [0, 0.1) is 5.92 Å². The van der Waals surface area contributed by atoms with Crippen molar-refractivity contribution < 1.29 is 9.90 Å². The number of aryl methyl sites for hydroxylation is 2. The Morgan fingerprint density at radius 1 is 1.26 bits per heavy atom. The fraction of sp³-hybridized carbons (Fsp3) is 0.462. The molecule has 1 saturated heterocycles. The average Bonchev–Trinajstić information content (AvgIpc) is 3.55. The molecule has 8 heteroatoms. The van der Waals surface area contributed by atoms with Gasteiger partial charge in [0.05, 0.1) is 24.5 Å². The van der Waals surface area contributed by atoms with E-state index < -0.39 is 5.97 Å². The lowest BCUT2D eigenvalue weighted by atomic mass is 9.94. The third-order valence-corrected chi connectivity index (χ3v) is 7.06. The first-order valence-corrected chi connectivity index (χ1v) is 12.3. The number of nitrogens with zero attached hydrogens (tertiary/aromatic N) is 5. The molecule has 0 unspecified atom stereocenters. The molecule has 0 bridgehead atoms. The third kappa shape index (κ3) is 5.44. The van der Waals surface area contributed by atoms with Crippen LogP contribution in [0.2, 0.25) is 0 Å². The first kappa shape index (κ1) is 22.5. The number of rotatable bonds is 9. The molecule has 1 aromatic carbocycles. The first-order chi connectivity index (χ1) is 16.6. The molecule has 0 saturated carbocycles. The number of hydrogen-bond acceptors (Lipinski definition) is 6. The molecule has 1 fully saturated rings. The second-order valence-electron chi connectivity index (χ2n) is 9.53. The second kappa shape index (κ2) is 10.3. The number of likely N-dealkylation sites (tertiary alicyclic amines) is 1. The number of hydrogen-bond donors (Lipinski definition) is 2. The zero-order valence-corrected chi connectivity index (χ0v) is 19.4. The highest BCUT2D eigenvalue weighted by molar-refractivity contribution is 5.68. The number of carboxylic acid groups (broad SMARTS) is 1. The summed E-state index contributed by atoms with van der Waals surface area (Å²) in [5.41, 5.74) is 4.43. The highest BCUT2D eigenvalue weighted by Gasteiger charge is 2.27. The van der Waals surface area contributed by atoms with Crippen LogP contribution in [0.3, 0.4) is 0 Å². The Hall–Kier alpha value is -3.26. The maximum atomic E-state index is 11.6. The molecule has 0 spiro atoms. The van der Waals surface area contributed by atoms with Gasteiger partial charge in [0, 0.05) is 31.2 Å². The minimum Gasteiger partial charge on any atom is -0.481 e. The van der Waals surface area contributed by atoms with Crippen molar-refractivity contribution in [3.8, 4) is 5.69 Å². The molecular formula is C26H32N6O2. The van der Waals surface area contributed by atoms with Crippen molar-refractivity contribution in [1.29, 1.82) is 0 Å². The van der Waals surface area contributed by atoms with Crippen molar-refractivity contribution in [2.24, 2.45) is 5.92 Å². The van der Waals surface area contributed by atoms with Crippen LogP contribution in [-0.4, -0.2) is 62.1 Å². The van der Waals surface area contributed by atoms with E-state index in [4.69, 9.17) is 4.98 Å². The van der Waals surface area contributed by atoms with Gasteiger partial charge in [-0.15, -0.1) is 5.10 Å². The van der Waals surface area contributed by atoms with Gasteiger partial charge in [-0.1, -0.05) is 23.4 Å². The van der Waals surface area contributed by atoms with E-state index in [0.29, 0.717) is 5.92 Å². The van der Waals surface area contributed by atoms with E-state index in [0.717, 1.165) is 68.9 Å². The van der Waals surface area contributed by atoms with E-state index in [2.05, 4.69) is 32.7 Å². The van der Waals surface area contributed by atoms with E-state index in [1.165, 1.54) is 17.7 Å². The van der Waals surface area contributed by atoms with Crippen LogP contribution in [0.1, 0.15) is 48.4 Å². The summed E-state index contributed by atoms with van der Waals surface area (Å²) < 4.78 is 1.71. The Balaban J connectivity index is 1.19. The predicted octanol–water partition coefficient (Wildman–Crippen LogP) is 3.53. The molecule has 2 aromatic heterocycles. The number of aliphatic carboxylic acids is 1. The number of aromatic nitrogens is 4. The summed E-state index contributed by atoms with van der Waals surface area (Å²) in [5.74, 6) is 0.867. The summed E-state index contributed by atoms with van der Waals surface area (Å²) in [6.07, 6.45) is 9.12. The Kier molecular flexibility index (Phi) is 6.85. The number of fused-ring (bicyclic) bond motifs is 1. The van der Waals surface area contributed by atoms with E-state index in [-0.39, 0.29) is 12.3 Å². The molecule has 3 aromatic rings. The van der Waals surface area contributed by atoms with Crippen molar-refractivity contribution in [3.63, 3.8) is 0 Å². The smallest absolute Gasteiger partial charge is 0.304 e. The van der Waals surface area contributed by atoms with Gasteiger partial charge >= 0.3 is 5.97 Å². The van der Waals surface area contributed by atoms with Gasteiger partial charge < -0.3 is 15.3 Å². The van der Waals surface area contributed by atoms with Gasteiger partial charge in [-0.2, -0.15) is 0 Å². The molecule has 178 valence electrons. The Bertz CT molecular complexity index is 1120. The molecule has 34 heavy (non-hydrogen) atoms. The summed E-state index contributed by atoms with van der Waals surface area (Å²) in [5, 5.41) is 20.9. The van der Waals surface area contributed by atoms with Gasteiger partial charge in [-0.25, -0.2) is 9.67 Å². The lowest BCUT2D eigenvalue weighted by Gasteiger charge is -2.23. The van der Waals surface area contributed by atoms with E-state index in [1.54, 1.807) is 17.1 Å². The molecule has 8 nitrogen and oxygen atoms in total. The summed E-state index contributed by atoms with van der Waals surface area (Å²) in [6, 6.07) is 12.4. The predicted molar refractivity (Wildman–Crippen MR) is 130 cm³/mol. The van der Waals surface area contributed by atoms with Crippen molar-refractivity contribution in [1.82, 2.24) is 24.9 Å². The largest absolute Gasteiger partial charge is 0.481 e. The van der Waals surface area contributed by atoms with Gasteiger partial charge in [-0.3, -0.25) is 4.79 Å². The summed E-state index contributed by atoms with van der Waals surface area (Å²) in [7, 11) is 0. The van der Waals surface area contributed by atoms with E-state index in [9.17, 15) is 9.90 Å². The van der Waals surface area contributed by atoms with Gasteiger partial charge in [-0.05, 0) is 73.9 Å². The molecule has 0 amide bonds. The highest BCUT2D eigenvalue weighted by atomic mass is 16.4. The van der Waals surface area contributed by atoms with Gasteiger partial charge in [0.25, 0.3) is 0 Å². The lowest BCUT2D eigenvalue weighted by molar-refractivity contribution is -0.137. The van der Waals surface area contributed by atoms with Crippen molar-refractivity contribution in [2.75, 3.05) is 31.5 Å². The fourth-order valence-electron chi connectivity index (χ4n) is 5.25. The lowest BCUT2D eigenvalue weighted by Crippen LogP contribution is -2.28. The van der Waals surface area contributed by atoms with Gasteiger partial charge in [0.15, 0.2) is 0 Å². The summed E-state index contributed by atoms with van der Waals surface area (Å²) >= 11 is 0. The number of carbonyl (C=O) groups is 1. The molecule has 2 aliphatic heterocycles. The maximum absolute atomic E-state index is 11.6. The van der Waals surface area contributed by atoms with E-state index in [1.807, 2.05) is 24.3 Å². The Morgan fingerprint density at radius 3 is 3.06 bits per heavy atom. The highest BCUT2D eigenvalue weighted by Crippen LogP contribution is 2.28. The number of benzene rings is 1. The molecular weight excluding hydrogens is 428 g/mol. The molecule has 2 N–H and O–H groups in total. The molecule has 0 radical (unpaired) electrons. The van der Waals surface area contributed by atoms with Gasteiger partial charge in [0.1, 0.15) is 5.82 Å². The van der Waals surface area contributed by atoms with Crippen molar-refractivity contribution in [2.45, 2.75) is 44.4 Å². The third-order valence-electron chi connectivity index (χ3n) is 7.06. The number of pyridine rings is 1. The quantitative estimate of drug-likeness (QED) is 0.504. The van der Waals surface area contributed by atoms with Crippen LogP contribution < -0.4 is 5.32 Å². The van der Waals surface area contributed by atoms with Crippen LogP contribution in [-0.2, 0) is 17.6 Å².